The van der Waals surface area contributed by atoms with Gasteiger partial charge < -0.3 is 0 Å². The van der Waals surface area contributed by atoms with E-state index in [1.54, 1.807) is 5.57 Å². The normalized spacial score (nSPS) is 47.2. The zero-order chi connectivity index (χ0) is 21.9. The van der Waals surface area contributed by atoms with E-state index in [4.69, 9.17) is 0 Å². The first-order chi connectivity index (χ1) is 14.0. The van der Waals surface area contributed by atoms with Gasteiger partial charge in [-0.05, 0) is 113 Å². The van der Waals surface area contributed by atoms with Crippen LogP contribution in [-0.4, -0.2) is 5.78 Å². The summed E-state index contributed by atoms with van der Waals surface area (Å²) in [6.45, 7) is 17.0. The van der Waals surface area contributed by atoms with E-state index in [1.165, 1.54) is 56.9 Å². The van der Waals surface area contributed by atoms with Crippen LogP contribution in [0.1, 0.15) is 113 Å². The second kappa shape index (κ2) is 7.63. The number of carbonyl (C=O) groups is 1. The minimum Gasteiger partial charge on any atom is -0.299 e. The minimum atomic E-state index is 0.287. The molecular weight excluding hydrogens is 364 g/mol. The van der Waals surface area contributed by atoms with Gasteiger partial charge in [0.15, 0.2) is 0 Å². The molecule has 0 saturated heterocycles. The monoisotopic (exact) mass is 410 g/mol. The molecule has 0 aromatic heterocycles. The molecule has 0 amide bonds. The van der Waals surface area contributed by atoms with Gasteiger partial charge >= 0.3 is 0 Å². The van der Waals surface area contributed by atoms with E-state index >= 15 is 0 Å². The van der Waals surface area contributed by atoms with Crippen molar-refractivity contribution < 1.29 is 4.79 Å². The minimum absolute atomic E-state index is 0.287. The summed E-state index contributed by atoms with van der Waals surface area (Å²) < 4.78 is 0. The summed E-state index contributed by atoms with van der Waals surface area (Å²) in [5, 5.41) is 0. The molecule has 0 unspecified atom stereocenters. The van der Waals surface area contributed by atoms with Crippen molar-refractivity contribution in [3.05, 3.63) is 22.8 Å². The standard InChI is InChI=1S/C29H46O/c1-19(2)9-8-10-20(3)22-13-17-28(6)24(22)11-12-26-27(5)16-15-25(30)21(4)23(27)14-18-29(26,28)7/h9,21,23-24,26H,8,10-18H2,1-7H3/b22-20-/t21-,23+,24+,26+,27+,28+,29+/m1/s1. The molecule has 4 aliphatic carbocycles. The first-order valence-corrected chi connectivity index (χ1v) is 12.9. The van der Waals surface area contributed by atoms with Gasteiger partial charge in [-0.15, -0.1) is 0 Å². The average molecular weight is 411 g/mol. The fraction of sp³-hybridized carbons (Fsp3) is 0.828. The summed E-state index contributed by atoms with van der Waals surface area (Å²) in [7, 11) is 0. The second-order valence-electron chi connectivity index (χ2n) is 12.5. The molecular formula is C29H46O. The molecule has 0 aliphatic heterocycles. The van der Waals surface area contributed by atoms with Gasteiger partial charge in [-0.1, -0.05) is 50.5 Å². The molecule has 0 radical (unpaired) electrons. The van der Waals surface area contributed by atoms with Crippen molar-refractivity contribution in [3.63, 3.8) is 0 Å². The topological polar surface area (TPSA) is 17.1 Å². The van der Waals surface area contributed by atoms with Gasteiger partial charge in [-0.25, -0.2) is 0 Å². The highest BCUT2D eigenvalue weighted by atomic mass is 16.1. The van der Waals surface area contributed by atoms with E-state index in [9.17, 15) is 4.79 Å². The summed E-state index contributed by atoms with van der Waals surface area (Å²) in [4.78, 5) is 12.5. The Bertz CT molecular complexity index is 767. The van der Waals surface area contributed by atoms with Crippen LogP contribution in [0.3, 0.4) is 0 Å². The van der Waals surface area contributed by atoms with Crippen LogP contribution < -0.4 is 0 Å². The van der Waals surface area contributed by atoms with Gasteiger partial charge in [0.05, 0.1) is 0 Å². The van der Waals surface area contributed by atoms with E-state index < -0.39 is 0 Å². The highest BCUT2D eigenvalue weighted by Gasteiger charge is 2.66. The van der Waals surface area contributed by atoms with Crippen molar-refractivity contribution in [2.75, 3.05) is 0 Å². The lowest BCUT2D eigenvalue weighted by Gasteiger charge is -2.67. The largest absolute Gasteiger partial charge is 0.299 e. The molecule has 0 spiro atoms. The van der Waals surface area contributed by atoms with E-state index in [0.29, 0.717) is 27.9 Å². The molecule has 7 atom stereocenters. The molecule has 0 aromatic carbocycles. The predicted octanol–water partition coefficient (Wildman–Crippen LogP) is 8.30. The van der Waals surface area contributed by atoms with Crippen molar-refractivity contribution in [3.8, 4) is 0 Å². The van der Waals surface area contributed by atoms with E-state index in [-0.39, 0.29) is 5.92 Å². The van der Waals surface area contributed by atoms with Crippen LogP contribution in [0, 0.1) is 39.9 Å². The SMILES string of the molecule is CC(C)=CCC/C(C)=C1/CC[C@@]2(C)[C@H]1CC[C@H]1[C@@]3(C)CCC(=O)[C@H](C)[C@@H]3CC[C@@]12C. The predicted molar refractivity (Wildman–Crippen MR) is 127 cm³/mol. The first-order valence-electron chi connectivity index (χ1n) is 12.9. The highest BCUT2D eigenvalue weighted by Crippen LogP contribution is 2.74. The number of carbonyl (C=O) groups excluding carboxylic acids is 1. The molecule has 0 heterocycles. The summed E-state index contributed by atoms with van der Waals surface area (Å²) in [5.74, 6) is 3.05. The molecule has 0 aromatic rings. The van der Waals surface area contributed by atoms with Gasteiger partial charge in [0.25, 0.3) is 0 Å². The van der Waals surface area contributed by atoms with Gasteiger partial charge in [-0.2, -0.15) is 0 Å². The Kier molecular flexibility index (Phi) is 5.68. The third-order valence-corrected chi connectivity index (χ3v) is 11.2. The fourth-order valence-corrected chi connectivity index (χ4v) is 9.19. The summed E-state index contributed by atoms with van der Waals surface area (Å²) in [6, 6.07) is 0. The third-order valence-electron chi connectivity index (χ3n) is 11.2. The molecule has 1 nitrogen and oxygen atoms in total. The molecule has 1 heteroatoms. The Labute approximate surface area is 186 Å². The van der Waals surface area contributed by atoms with E-state index in [2.05, 4.69) is 54.5 Å². The van der Waals surface area contributed by atoms with Crippen molar-refractivity contribution in [1.29, 1.82) is 0 Å². The Hall–Kier alpha value is -0.850. The van der Waals surface area contributed by atoms with Crippen LogP contribution in [-0.2, 0) is 4.79 Å². The summed E-state index contributed by atoms with van der Waals surface area (Å²) in [6.07, 6.45) is 14.9. The molecule has 0 bridgehead atoms. The Balaban J connectivity index is 1.63. The van der Waals surface area contributed by atoms with Crippen molar-refractivity contribution >= 4 is 5.78 Å². The van der Waals surface area contributed by atoms with E-state index in [1.807, 2.05) is 5.57 Å². The first kappa shape index (κ1) is 22.3. The van der Waals surface area contributed by atoms with E-state index in [0.717, 1.165) is 24.7 Å². The molecule has 4 rings (SSSR count). The van der Waals surface area contributed by atoms with Crippen LogP contribution >= 0.6 is 0 Å². The number of allylic oxidation sites excluding steroid dienone is 4. The number of Topliss-reactive ketones (excluding diaryl/α,β-unsaturated/α-hetero) is 1. The number of rotatable bonds is 3. The number of hydrogen-bond donors (Lipinski definition) is 0. The zero-order valence-corrected chi connectivity index (χ0v) is 20.9. The molecule has 4 saturated carbocycles. The summed E-state index contributed by atoms with van der Waals surface area (Å²) >= 11 is 0. The quantitative estimate of drug-likeness (QED) is 0.428. The van der Waals surface area contributed by atoms with Crippen LogP contribution in [0.2, 0.25) is 0 Å². The average Bonchev–Trinajstić information content (AvgIpc) is 3.03. The molecule has 168 valence electrons. The van der Waals surface area contributed by atoms with Crippen LogP contribution in [0.25, 0.3) is 0 Å². The Morgan fingerprint density at radius 1 is 0.967 bits per heavy atom. The lowest BCUT2D eigenvalue weighted by molar-refractivity contribution is -0.185. The maximum absolute atomic E-state index is 12.5. The van der Waals surface area contributed by atoms with Crippen LogP contribution in [0.4, 0.5) is 0 Å². The van der Waals surface area contributed by atoms with Crippen molar-refractivity contribution in [1.82, 2.24) is 0 Å². The fourth-order valence-electron chi connectivity index (χ4n) is 9.19. The van der Waals surface area contributed by atoms with Crippen LogP contribution in [0.5, 0.6) is 0 Å². The second-order valence-corrected chi connectivity index (χ2v) is 12.5. The van der Waals surface area contributed by atoms with Gasteiger partial charge in [0.2, 0.25) is 0 Å². The zero-order valence-electron chi connectivity index (χ0n) is 20.9. The molecule has 4 aliphatic rings. The molecule has 0 N–H and O–H groups in total. The number of hydrogen-bond acceptors (Lipinski definition) is 1. The van der Waals surface area contributed by atoms with Gasteiger partial charge in [0, 0.05) is 12.3 Å². The lowest BCUT2D eigenvalue weighted by Crippen LogP contribution is -2.61. The van der Waals surface area contributed by atoms with Crippen LogP contribution in [0.15, 0.2) is 22.8 Å². The number of ketones is 1. The maximum Gasteiger partial charge on any atom is 0.136 e. The van der Waals surface area contributed by atoms with Gasteiger partial charge in [-0.3, -0.25) is 4.79 Å². The van der Waals surface area contributed by atoms with Gasteiger partial charge in [0.1, 0.15) is 5.78 Å². The third kappa shape index (κ3) is 3.12. The van der Waals surface area contributed by atoms with Crippen molar-refractivity contribution in [2.45, 2.75) is 113 Å². The Morgan fingerprint density at radius 2 is 1.70 bits per heavy atom. The maximum atomic E-state index is 12.5. The smallest absolute Gasteiger partial charge is 0.136 e. The molecule has 4 fully saturated rings. The molecule has 30 heavy (non-hydrogen) atoms. The number of fused-ring (bicyclic) bond motifs is 5. The Morgan fingerprint density at radius 3 is 2.40 bits per heavy atom. The highest BCUT2D eigenvalue weighted by molar-refractivity contribution is 5.82. The summed E-state index contributed by atoms with van der Waals surface area (Å²) in [5.41, 5.74) is 6.23. The van der Waals surface area contributed by atoms with Crippen molar-refractivity contribution in [2.24, 2.45) is 39.9 Å². The lowest BCUT2D eigenvalue weighted by atomic mass is 9.37.